The molecule has 1 rings (SSSR count). The number of aliphatic carboxylic acids is 1. The van der Waals surface area contributed by atoms with Gasteiger partial charge in [-0.3, -0.25) is 4.79 Å². The molecule has 1 atom stereocenters. The smallest absolute Gasteiger partial charge is 0.331 e. The standard InChI is InChI=1S/C11H17NO5S/c1-7(8(2)11(14)15)10(13)12-6-9-4-3-5-18(9,16)17/h9H,3-6H2,1-2H3,(H,12,13)(H,14,15). The van der Waals surface area contributed by atoms with Crippen LogP contribution in [0.15, 0.2) is 11.1 Å². The maximum absolute atomic E-state index is 11.6. The van der Waals surface area contributed by atoms with Crippen molar-refractivity contribution in [2.75, 3.05) is 12.3 Å². The molecule has 1 amide bonds. The molecule has 7 heteroatoms. The Hall–Kier alpha value is -1.37. The molecule has 1 aliphatic rings. The van der Waals surface area contributed by atoms with Crippen LogP contribution in [0, 0.1) is 0 Å². The normalized spacial score (nSPS) is 23.3. The molecule has 102 valence electrons. The zero-order valence-corrected chi connectivity index (χ0v) is 11.2. The van der Waals surface area contributed by atoms with Crippen molar-refractivity contribution in [3.8, 4) is 0 Å². The second-order valence-corrected chi connectivity index (χ2v) is 6.80. The molecule has 0 aromatic heterocycles. The molecule has 0 radical (unpaired) electrons. The Morgan fingerprint density at radius 3 is 2.33 bits per heavy atom. The van der Waals surface area contributed by atoms with Gasteiger partial charge in [-0.1, -0.05) is 0 Å². The average Bonchev–Trinajstić information content (AvgIpc) is 2.63. The highest BCUT2D eigenvalue weighted by Gasteiger charge is 2.31. The number of carboxylic acid groups (broad SMARTS) is 1. The maximum Gasteiger partial charge on any atom is 0.331 e. The summed E-state index contributed by atoms with van der Waals surface area (Å²) in [5, 5.41) is 10.7. The van der Waals surface area contributed by atoms with Crippen molar-refractivity contribution < 1.29 is 23.1 Å². The Morgan fingerprint density at radius 1 is 1.28 bits per heavy atom. The first kappa shape index (κ1) is 14.7. The minimum absolute atomic E-state index is 0.0400. The molecular formula is C11H17NO5S. The second-order valence-electron chi connectivity index (χ2n) is 4.40. The van der Waals surface area contributed by atoms with Gasteiger partial charge in [0.25, 0.3) is 0 Å². The molecule has 0 spiro atoms. The van der Waals surface area contributed by atoms with Crippen LogP contribution < -0.4 is 5.32 Å². The number of carbonyl (C=O) groups is 2. The molecule has 0 saturated carbocycles. The van der Waals surface area contributed by atoms with Gasteiger partial charge in [-0.05, 0) is 26.7 Å². The summed E-state index contributed by atoms with van der Waals surface area (Å²) in [6, 6.07) is 0. The van der Waals surface area contributed by atoms with Gasteiger partial charge in [-0.2, -0.15) is 0 Å². The van der Waals surface area contributed by atoms with Gasteiger partial charge in [0.15, 0.2) is 9.84 Å². The van der Waals surface area contributed by atoms with Crippen LogP contribution in [0.4, 0.5) is 0 Å². The maximum atomic E-state index is 11.6. The molecule has 0 bridgehead atoms. The molecule has 2 N–H and O–H groups in total. The van der Waals surface area contributed by atoms with Crippen molar-refractivity contribution in [3.63, 3.8) is 0 Å². The van der Waals surface area contributed by atoms with E-state index in [1.165, 1.54) is 13.8 Å². The van der Waals surface area contributed by atoms with E-state index in [2.05, 4.69) is 5.32 Å². The van der Waals surface area contributed by atoms with Gasteiger partial charge in [-0.25, -0.2) is 13.2 Å². The lowest BCUT2D eigenvalue weighted by Gasteiger charge is -2.11. The highest BCUT2D eigenvalue weighted by molar-refractivity contribution is 7.92. The van der Waals surface area contributed by atoms with E-state index < -0.39 is 27.0 Å². The van der Waals surface area contributed by atoms with E-state index in [9.17, 15) is 18.0 Å². The Morgan fingerprint density at radius 2 is 1.89 bits per heavy atom. The van der Waals surface area contributed by atoms with Crippen molar-refractivity contribution in [3.05, 3.63) is 11.1 Å². The predicted octanol–water partition coefficient (Wildman–Crippen LogP) is 0.101. The number of sulfone groups is 1. The van der Waals surface area contributed by atoms with Crippen molar-refractivity contribution in [1.29, 1.82) is 0 Å². The molecule has 0 aromatic carbocycles. The van der Waals surface area contributed by atoms with E-state index in [4.69, 9.17) is 5.11 Å². The number of nitrogens with one attached hydrogen (secondary N) is 1. The number of hydrogen-bond donors (Lipinski definition) is 2. The fourth-order valence-electron chi connectivity index (χ4n) is 1.76. The first-order chi connectivity index (χ1) is 8.25. The van der Waals surface area contributed by atoms with Crippen LogP contribution in [0.25, 0.3) is 0 Å². The molecule has 6 nitrogen and oxygen atoms in total. The van der Waals surface area contributed by atoms with Crippen molar-refractivity contribution in [1.82, 2.24) is 5.32 Å². The van der Waals surface area contributed by atoms with Gasteiger partial charge in [0.2, 0.25) is 5.91 Å². The predicted molar refractivity (Wildman–Crippen MR) is 65.8 cm³/mol. The lowest BCUT2D eigenvalue weighted by molar-refractivity contribution is -0.133. The average molecular weight is 275 g/mol. The molecule has 1 aliphatic heterocycles. The number of carboxylic acids is 1. The van der Waals surface area contributed by atoms with Gasteiger partial charge in [-0.15, -0.1) is 0 Å². The largest absolute Gasteiger partial charge is 0.478 e. The minimum atomic E-state index is -3.09. The Labute approximate surface area is 106 Å². The summed E-state index contributed by atoms with van der Waals surface area (Å²) in [6.07, 6.45) is 1.16. The van der Waals surface area contributed by atoms with Crippen LogP contribution in [-0.2, 0) is 19.4 Å². The summed E-state index contributed by atoms with van der Waals surface area (Å²) in [6.45, 7) is 2.79. The van der Waals surface area contributed by atoms with E-state index in [0.717, 1.165) is 0 Å². The van der Waals surface area contributed by atoms with E-state index in [1.54, 1.807) is 0 Å². The molecule has 0 aliphatic carbocycles. The summed E-state index contributed by atoms with van der Waals surface area (Å²) in [4.78, 5) is 22.3. The molecule has 0 aromatic rings. The molecule has 1 fully saturated rings. The summed E-state index contributed by atoms with van der Waals surface area (Å²) in [7, 11) is -3.09. The number of amides is 1. The Kier molecular flexibility index (Phi) is 4.50. The van der Waals surface area contributed by atoms with Gasteiger partial charge in [0.1, 0.15) is 0 Å². The van der Waals surface area contributed by atoms with Gasteiger partial charge in [0.05, 0.1) is 11.0 Å². The van der Waals surface area contributed by atoms with Crippen LogP contribution >= 0.6 is 0 Å². The summed E-state index contributed by atoms with van der Waals surface area (Å²) < 4.78 is 23.1. The summed E-state index contributed by atoms with van der Waals surface area (Å²) >= 11 is 0. The van der Waals surface area contributed by atoms with Gasteiger partial charge < -0.3 is 10.4 Å². The van der Waals surface area contributed by atoms with Crippen LogP contribution in [0.1, 0.15) is 26.7 Å². The number of carbonyl (C=O) groups excluding carboxylic acids is 1. The fourth-order valence-corrected chi connectivity index (χ4v) is 3.52. The third kappa shape index (κ3) is 3.32. The highest BCUT2D eigenvalue weighted by atomic mass is 32.2. The van der Waals surface area contributed by atoms with Gasteiger partial charge >= 0.3 is 5.97 Å². The van der Waals surface area contributed by atoms with Gasteiger partial charge in [0, 0.05) is 17.7 Å². The monoisotopic (exact) mass is 275 g/mol. The zero-order chi connectivity index (χ0) is 13.9. The Balaban J connectivity index is 2.63. The molecule has 1 unspecified atom stereocenters. The fraction of sp³-hybridized carbons (Fsp3) is 0.636. The first-order valence-electron chi connectivity index (χ1n) is 5.66. The van der Waals surface area contributed by atoms with Crippen molar-refractivity contribution >= 4 is 21.7 Å². The van der Waals surface area contributed by atoms with Crippen LogP contribution in [0.5, 0.6) is 0 Å². The lowest BCUT2D eigenvalue weighted by Crippen LogP contribution is -2.35. The second kappa shape index (κ2) is 5.51. The van der Waals surface area contributed by atoms with Crippen LogP contribution in [-0.4, -0.2) is 42.9 Å². The molecule has 1 heterocycles. The number of rotatable bonds is 4. The van der Waals surface area contributed by atoms with E-state index in [0.29, 0.717) is 12.8 Å². The van der Waals surface area contributed by atoms with E-state index in [-0.39, 0.29) is 23.4 Å². The summed E-state index contributed by atoms with van der Waals surface area (Å²) in [5.41, 5.74) is 0.0553. The zero-order valence-electron chi connectivity index (χ0n) is 10.4. The Bertz CT molecular complexity index is 492. The minimum Gasteiger partial charge on any atom is -0.478 e. The quantitative estimate of drug-likeness (QED) is 0.709. The highest BCUT2D eigenvalue weighted by Crippen LogP contribution is 2.19. The lowest BCUT2D eigenvalue weighted by atomic mass is 10.1. The van der Waals surface area contributed by atoms with E-state index in [1.807, 2.05) is 0 Å². The third-order valence-corrected chi connectivity index (χ3v) is 5.45. The first-order valence-corrected chi connectivity index (χ1v) is 7.38. The third-order valence-electron chi connectivity index (χ3n) is 3.18. The summed E-state index contributed by atoms with van der Waals surface area (Å²) in [5.74, 6) is -1.52. The SMILES string of the molecule is CC(C(=O)O)=C(C)C(=O)NCC1CCCS1(=O)=O. The van der Waals surface area contributed by atoms with Crippen molar-refractivity contribution in [2.24, 2.45) is 0 Å². The van der Waals surface area contributed by atoms with E-state index >= 15 is 0 Å². The van der Waals surface area contributed by atoms with Crippen LogP contribution in [0.3, 0.4) is 0 Å². The molecular weight excluding hydrogens is 258 g/mol. The molecule has 1 saturated heterocycles. The van der Waals surface area contributed by atoms with Crippen LogP contribution in [0.2, 0.25) is 0 Å². The topological polar surface area (TPSA) is 101 Å². The molecule has 18 heavy (non-hydrogen) atoms. The number of hydrogen-bond acceptors (Lipinski definition) is 4. The van der Waals surface area contributed by atoms with Crippen molar-refractivity contribution in [2.45, 2.75) is 31.9 Å².